The molecule has 18 heavy (non-hydrogen) atoms. The molecule has 2 aromatic rings. The van der Waals surface area contributed by atoms with E-state index in [0.717, 1.165) is 16.3 Å². The normalized spacial score (nSPS) is 12.3. The summed E-state index contributed by atoms with van der Waals surface area (Å²) < 4.78 is 29.7. The van der Waals surface area contributed by atoms with Crippen LogP contribution in [0.25, 0.3) is 10.8 Å². The van der Waals surface area contributed by atoms with Crippen molar-refractivity contribution >= 4 is 27.1 Å². The van der Waals surface area contributed by atoms with E-state index in [0.29, 0.717) is 0 Å². The molecule has 0 saturated carbocycles. The number of rotatable bonds is 4. The molecular weight excluding hydrogens is 250 g/mol. The van der Waals surface area contributed by atoms with E-state index in [-0.39, 0.29) is 12.3 Å². The Balaban J connectivity index is 2.19. The van der Waals surface area contributed by atoms with Gasteiger partial charge in [-0.2, -0.15) is 8.42 Å². The third-order valence-corrected chi connectivity index (χ3v) is 3.23. The Bertz CT molecular complexity index is 672. The molecule has 0 fully saturated rings. The van der Waals surface area contributed by atoms with Gasteiger partial charge in [-0.05, 0) is 10.8 Å². The van der Waals surface area contributed by atoms with Gasteiger partial charge in [0.25, 0.3) is 10.1 Å². The summed E-state index contributed by atoms with van der Waals surface area (Å²) in [5.74, 6) is -0.353. The van der Waals surface area contributed by atoms with Crippen molar-refractivity contribution in [3.63, 3.8) is 0 Å². The van der Waals surface area contributed by atoms with Crippen LogP contribution in [0, 0.1) is 0 Å². The lowest BCUT2D eigenvalue weighted by Gasteiger charge is -2.01. The van der Waals surface area contributed by atoms with E-state index in [4.69, 9.17) is 4.55 Å². The number of nitrogens with zero attached hydrogens (tertiary/aromatic N) is 1. The van der Waals surface area contributed by atoms with Crippen LogP contribution in [0.1, 0.15) is 5.56 Å². The lowest BCUT2D eigenvalue weighted by atomic mass is 10.1. The molecule has 0 bridgehead atoms. The topological polar surface area (TPSA) is 66.7 Å². The van der Waals surface area contributed by atoms with Crippen LogP contribution in [0.3, 0.4) is 0 Å². The summed E-state index contributed by atoms with van der Waals surface area (Å²) in [7, 11) is -3.93. The molecule has 0 atom stereocenters. The van der Waals surface area contributed by atoms with Gasteiger partial charge in [0.05, 0.1) is 12.3 Å². The van der Waals surface area contributed by atoms with Gasteiger partial charge in [-0.1, -0.05) is 42.5 Å². The van der Waals surface area contributed by atoms with Gasteiger partial charge in [0.15, 0.2) is 0 Å². The summed E-state index contributed by atoms with van der Waals surface area (Å²) in [5.41, 5.74) is 0.934. The Morgan fingerprint density at radius 1 is 1.11 bits per heavy atom. The third-order valence-electron chi connectivity index (χ3n) is 2.53. The number of aliphatic imine (C=N–C) groups is 1. The standard InChI is InChI=1S/C13H13NO3S/c15-18(16,17)9-8-14-10-12-6-3-5-11-4-1-2-7-13(11)12/h1-7,10H,8-9H2,(H,15,16,17). The van der Waals surface area contributed by atoms with Crippen molar-refractivity contribution in [2.75, 3.05) is 12.3 Å². The van der Waals surface area contributed by atoms with Crippen LogP contribution < -0.4 is 0 Å². The molecule has 0 amide bonds. The lowest BCUT2D eigenvalue weighted by molar-refractivity contribution is 0.483. The first-order chi connectivity index (χ1) is 8.56. The average molecular weight is 263 g/mol. The fourth-order valence-corrected chi connectivity index (χ4v) is 2.03. The Labute approximate surface area is 106 Å². The smallest absolute Gasteiger partial charge is 0.266 e. The van der Waals surface area contributed by atoms with Gasteiger partial charge in [0, 0.05) is 11.8 Å². The van der Waals surface area contributed by atoms with E-state index in [9.17, 15) is 8.42 Å². The maximum Gasteiger partial charge on any atom is 0.266 e. The largest absolute Gasteiger partial charge is 0.291 e. The van der Waals surface area contributed by atoms with Crippen LogP contribution in [0.2, 0.25) is 0 Å². The second kappa shape index (κ2) is 5.29. The fourth-order valence-electron chi connectivity index (χ4n) is 1.69. The number of hydrogen-bond donors (Lipinski definition) is 1. The van der Waals surface area contributed by atoms with E-state index in [1.54, 1.807) is 6.21 Å². The van der Waals surface area contributed by atoms with Gasteiger partial charge in [-0.15, -0.1) is 0 Å². The van der Waals surface area contributed by atoms with Crippen molar-refractivity contribution in [1.29, 1.82) is 0 Å². The first-order valence-electron chi connectivity index (χ1n) is 5.49. The maximum absolute atomic E-state index is 10.5. The average Bonchev–Trinajstić information content (AvgIpc) is 2.33. The molecule has 5 heteroatoms. The molecule has 94 valence electrons. The zero-order valence-electron chi connectivity index (χ0n) is 9.65. The zero-order chi connectivity index (χ0) is 13.0. The van der Waals surface area contributed by atoms with Crippen LogP contribution in [-0.2, 0) is 10.1 Å². The van der Waals surface area contributed by atoms with Crippen molar-refractivity contribution in [3.8, 4) is 0 Å². The van der Waals surface area contributed by atoms with E-state index in [1.165, 1.54) is 0 Å². The van der Waals surface area contributed by atoms with Crippen LogP contribution in [0.5, 0.6) is 0 Å². The highest BCUT2D eigenvalue weighted by Gasteiger charge is 2.02. The van der Waals surface area contributed by atoms with E-state index < -0.39 is 10.1 Å². The highest BCUT2D eigenvalue weighted by Crippen LogP contribution is 2.16. The molecule has 0 aliphatic carbocycles. The predicted molar refractivity (Wildman–Crippen MR) is 72.8 cm³/mol. The quantitative estimate of drug-likeness (QED) is 0.679. The molecule has 1 N–H and O–H groups in total. The first-order valence-corrected chi connectivity index (χ1v) is 7.10. The molecule has 0 saturated heterocycles. The first kappa shape index (κ1) is 12.7. The summed E-state index contributed by atoms with van der Waals surface area (Å²) in [6, 6.07) is 13.7. The van der Waals surface area contributed by atoms with Crippen LogP contribution in [-0.4, -0.2) is 31.5 Å². The molecule has 4 nitrogen and oxygen atoms in total. The molecule has 2 rings (SSSR count). The van der Waals surface area contributed by atoms with E-state index in [2.05, 4.69) is 4.99 Å². The number of hydrogen-bond acceptors (Lipinski definition) is 3. The van der Waals surface area contributed by atoms with Crippen molar-refractivity contribution < 1.29 is 13.0 Å². The van der Waals surface area contributed by atoms with Gasteiger partial charge < -0.3 is 0 Å². The minimum atomic E-state index is -3.93. The second-order valence-electron chi connectivity index (χ2n) is 3.89. The molecule has 0 heterocycles. The van der Waals surface area contributed by atoms with Gasteiger partial charge in [0.2, 0.25) is 0 Å². The third kappa shape index (κ3) is 3.38. The zero-order valence-corrected chi connectivity index (χ0v) is 10.5. The van der Waals surface area contributed by atoms with Crippen molar-refractivity contribution in [2.24, 2.45) is 4.99 Å². The van der Waals surface area contributed by atoms with E-state index >= 15 is 0 Å². The summed E-state index contributed by atoms with van der Waals surface area (Å²) in [4.78, 5) is 4.01. The summed E-state index contributed by atoms with van der Waals surface area (Å²) in [5, 5.41) is 2.17. The van der Waals surface area contributed by atoms with Gasteiger partial charge in [0.1, 0.15) is 0 Å². The highest BCUT2D eigenvalue weighted by molar-refractivity contribution is 7.85. The Kier molecular flexibility index (Phi) is 3.74. The summed E-state index contributed by atoms with van der Waals surface area (Å²) in [6.07, 6.45) is 1.63. The molecule has 0 radical (unpaired) electrons. The van der Waals surface area contributed by atoms with Crippen molar-refractivity contribution in [2.45, 2.75) is 0 Å². The van der Waals surface area contributed by atoms with E-state index in [1.807, 2.05) is 42.5 Å². The molecule has 0 aromatic heterocycles. The molecule has 0 aliphatic rings. The summed E-state index contributed by atoms with van der Waals surface area (Å²) >= 11 is 0. The maximum atomic E-state index is 10.5. The molecule has 0 aliphatic heterocycles. The summed E-state index contributed by atoms with van der Waals surface area (Å²) in [6.45, 7) is 0.0576. The lowest BCUT2D eigenvalue weighted by Crippen LogP contribution is -2.06. The fraction of sp³-hybridized carbons (Fsp3) is 0.154. The number of benzene rings is 2. The monoisotopic (exact) mass is 263 g/mol. The van der Waals surface area contributed by atoms with Crippen molar-refractivity contribution in [1.82, 2.24) is 0 Å². The molecule has 2 aromatic carbocycles. The van der Waals surface area contributed by atoms with Gasteiger partial charge in [-0.3, -0.25) is 9.55 Å². The van der Waals surface area contributed by atoms with Gasteiger partial charge >= 0.3 is 0 Å². The van der Waals surface area contributed by atoms with Crippen molar-refractivity contribution in [3.05, 3.63) is 48.0 Å². The molecular formula is C13H13NO3S. The van der Waals surface area contributed by atoms with Crippen LogP contribution >= 0.6 is 0 Å². The molecule has 0 unspecified atom stereocenters. The van der Waals surface area contributed by atoms with Gasteiger partial charge in [-0.25, -0.2) is 0 Å². The molecule has 0 spiro atoms. The highest BCUT2D eigenvalue weighted by atomic mass is 32.2. The predicted octanol–water partition coefficient (Wildman–Crippen LogP) is 2.15. The SMILES string of the molecule is O=S(=O)(O)CCN=Cc1cccc2ccccc12. The minimum Gasteiger partial charge on any atom is -0.291 e. The number of fused-ring (bicyclic) bond motifs is 1. The second-order valence-corrected chi connectivity index (χ2v) is 5.46. The van der Waals surface area contributed by atoms with Crippen LogP contribution in [0.4, 0.5) is 0 Å². The minimum absolute atomic E-state index is 0.0576. The Hall–Kier alpha value is -1.72. The Morgan fingerprint density at radius 2 is 1.83 bits per heavy atom. The van der Waals surface area contributed by atoms with Crippen LogP contribution in [0.15, 0.2) is 47.5 Å². The Morgan fingerprint density at radius 3 is 2.61 bits per heavy atom.